The van der Waals surface area contributed by atoms with Gasteiger partial charge in [0.2, 0.25) is 0 Å². The number of aromatic nitrogens is 1. The van der Waals surface area contributed by atoms with E-state index in [4.69, 9.17) is 10.1 Å². The van der Waals surface area contributed by atoms with Gasteiger partial charge in [0.1, 0.15) is 5.82 Å². The quantitative estimate of drug-likeness (QED) is 0.531. The summed E-state index contributed by atoms with van der Waals surface area (Å²) in [7, 11) is 0. The van der Waals surface area contributed by atoms with Crippen molar-refractivity contribution in [1.29, 1.82) is 5.41 Å². The van der Waals surface area contributed by atoms with Crippen molar-refractivity contribution < 1.29 is 14.6 Å². The van der Waals surface area contributed by atoms with Gasteiger partial charge in [-0.05, 0) is 32.4 Å². The second kappa shape index (κ2) is 8.39. The van der Waals surface area contributed by atoms with Crippen molar-refractivity contribution in [2.24, 2.45) is 0 Å². The molecule has 0 aliphatic heterocycles. The monoisotopic (exact) mass is 341 g/mol. The lowest BCUT2D eigenvalue weighted by Crippen LogP contribution is -2.17. The summed E-state index contributed by atoms with van der Waals surface area (Å²) in [6.45, 7) is 5.88. The molecule has 2 aromatic rings. The van der Waals surface area contributed by atoms with Gasteiger partial charge in [-0.1, -0.05) is 24.3 Å². The van der Waals surface area contributed by atoms with E-state index < -0.39 is 5.97 Å². The van der Waals surface area contributed by atoms with E-state index in [2.05, 4.69) is 10.3 Å². The molecule has 132 valence electrons. The number of nitrogens with one attached hydrogen (secondary N) is 2. The first-order chi connectivity index (χ1) is 12.0. The fraction of sp³-hybridized carbons (Fsp3) is 0.316. The third-order valence-corrected chi connectivity index (χ3v) is 3.56. The van der Waals surface area contributed by atoms with Crippen LogP contribution in [0.1, 0.15) is 42.3 Å². The van der Waals surface area contributed by atoms with E-state index in [0.717, 1.165) is 17.3 Å². The van der Waals surface area contributed by atoms with Gasteiger partial charge in [0, 0.05) is 23.4 Å². The number of carbonyl (C=O) groups excluding carboxylic acids is 1. The summed E-state index contributed by atoms with van der Waals surface area (Å²) in [5, 5.41) is 20.0. The standard InChI is InChI=1S/C19H23N3O3/c1-4-25-19(24)15-9-17(14-7-5-13(11-23)6-8-14)22-18(16(15)10-20)21-12(2)3/h5-10,12,20,23H,4,11H2,1-3H3,(H,21,22). The number of aliphatic hydroxyl groups excluding tert-OH is 1. The lowest BCUT2D eigenvalue weighted by molar-refractivity contribution is 0.0526. The van der Waals surface area contributed by atoms with E-state index in [0.29, 0.717) is 22.6 Å². The Kier molecular flexibility index (Phi) is 6.25. The Bertz CT molecular complexity index is 755. The Hall–Kier alpha value is -2.73. The Labute approximate surface area is 147 Å². The van der Waals surface area contributed by atoms with Crippen LogP contribution in [0.15, 0.2) is 30.3 Å². The number of anilines is 1. The van der Waals surface area contributed by atoms with E-state index in [-0.39, 0.29) is 19.3 Å². The fourth-order valence-corrected chi connectivity index (χ4v) is 2.39. The molecule has 25 heavy (non-hydrogen) atoms. The lowest BCUT2D eigenvalue weighted by Gasteiger charge is -2.16. The van der Waals surface area contributed by atoms with Crippen molar-refractivity contribution in [3.8, 4) is 11.3 Å². The predicted molar refractivity (Wildman–Crippen MR) is 98.2 cm³/mol. The van der Waals surface area contributed by atoms with Gasteiger partial charge in [0.05, 0.1) is 24.5 Å². The van der Waals surface area contributed by atoms with Crippen LogP contribution in [-0.2, 0) is 11.3 Å². The molecule has 1 aromatic carbocycles. The Morgan fingerprint density at radius 1 is 1.36 bits per heavy atom. The molecule has 1 aromatic heterocycles. The molecule has 0 aliphatic carbocycles. The van der Waals surface area contributed by atoms with Crippen LogP contribution < -0.4 is 5.32 Å². The SMILES string of the molecule is CCOC(=O)c1cc(-c2ccc(CO)cc2)nc(NC(C)C)c1C=N. The highest BCUT2D eigenvalue weighted by Gasteiger charge is 2.19. The molecule has 6 nitrogen and oxygen atoms in total. The molecule has 3 N–H and O–H groups in total. The Morgan fingerprint density at radius 2 is 2.04 bits per heavy atom. The van der Waals surface area contributed by atoms with Gasteiger partial charge in [0.15, 0.2) is 0 Å². The summed E-state index contributed by atoms with van der Waals surface area (Å²) < 4.78 is 5.13. The number of aliphatic hydroxyl groups is 1. The number of pyridine rings is 1. The Balaban J connectivity index is 2.60. The first kappa shape index (κ1) is 18.6. The first-order valence-corrected chi connectivity index (χ1v) is 8.19. The van der Waals surface area contributed by atoms with Gasteiger partial charge in [-0.15, -0.1) is 0 Å². The first-order valence-electron chi connectivity index (χ1n) is 8.19. The minimum atomic E-state index is -0.483. The van der Waals surface area contributed by atoms with Crippen LogP contribution in [-0.4, -0.2) is 34.9 Å². The molecule has 0 radical (unpaired) electrons. The molecule has 0 unspecified atom stereocenters. The molecular formula is C19H23N3O3. The van der Waals surface area contributed by atoms with Crippen LogP contribution in [0.5, 0.6) is 0 Å². The number of nitrogens with zero attached hydrogens (tertiary/aromatic N) is 1. The zero-order valence-corrected chi connectivity index (χ0v) is 14.7. The molecule has 0 amide bonds. The maximum Gasteiger partial charge on any atom is 0.339 e. The molecular weight excluding hydrogens is 318 g/mol. The summed E-state index contributed by atoms with van der Waals surface area (Å²) >= 11 is 0. The lowest BCUT2D eigenvalue weighted by atomic mass is 10.0. The minimum absolute atomic E-state index is 0.0331. The van der Waals surface area contributed by atoms with Crippen molar-refractivity contribution >= 4 is 18.0 Å². The van der Waals surface area contributed by atoms with Crippen LogP contribution in [0.3, 0.4) is 0 Å². The highest BCUT2D eigenvalue weighted by molar-refractivity contribution is 6.02. The van der Waals surface area contributed by atoms with E-state index >= 15 is 0 Å². The minimum Gasteiger partial charge on any atom is -0.462 e. The van der Waals surface area contributed by atoms with E-state index in [9.17, 15) is 9.90 Å². The maximum absolute atomic E-state index is 12.3. The largest absolute Gasteiger partial charge is 0.462 e. The summed E-state index contributed by atoms with van der Waals surface area (Å²) in [5.74, 6) is -0.0137. The molecule has 0 aliphatic rings. The van der Waals surface area contributed by atoms with Crippen LogP contribution >= 0.6 is 0 Å². The second-order valence-corrected chi connectivity index (χ2v) is 5.84. The van der Waals surface area contributed by atoms with Gasteiger partial charge < -0.3 is 20.6 Å². The maximum atomic E-state index is 12.3. The van der Waals surface area contributed by atoms with Gasteiger partial charge in [-0.25, -0.2) is 9.78 Å². The third kappa shape index (κ3) is 4.42. The van der Waals surface area contributed by atoms with Crippen LogP contribution in [0.2, 0.25) is 0 Å². The molecule has 0 saturated carbocycles. The molecule has 0 saturated heterocycles. The van der Waals surface area contributed by atoms with Crippen molar-refractivity contribution in [3.63, 3.8) is 0 Å². The molecule has 0 bridgehead atoms. The van der Waals surface area contributed by atoms with Crippen molar-refractivity contribution in [1.82, 2.24) is 4.98 Å². The summed E-state index contributed by atoms with van der Waals surface area (Å²) in [6.07, 6.45) is 1.11. The fourth-order valence-electron chi connectivity index (χ4n) is 2.39. The predicted octanol–water partition coefficient (Wildman–Crippen LogP) is 3.24. The molecule has 1 heterocycles. The number of esters is 1. The number of carbonyl (C=O) groups is 1. The highest BCUT2D eigenvalue weighted by atomic mass is 16.5. The van der Waals surface area contributed by atoms with E-state index in [1.54, 1.807) is 25.1 Å². The van der Waals surface area contributed by atoms with Gasteiger partial charge >= 0.3 is 5.97 Å². The molecule has 2 rings (SSSR count). The average molecular weight is 341 g/mol. The normalized spacial score (nSPS) is 10.6. The van der Waals surface area contributed by atoms with Crippen LogP contribution in [0, 0.1) is 5.41 Å². The summed E-state index contributed by atoms with van der Waals surface area (Å²) in [4.78, 5) is 16.9. The number of hydrogen-bond donors (Lipinski definition) is 3. The molecule has 0 atom stereocenters. The van der Waals surface area contributed by atoms with Crippen LogP contribution in [0.25, 0.3) is 11.3 Å². The highest BCUT2D eigenvalue weighted by Crippen LogP contribution is 2.26. The van der Waals surface area contributed by atoms with E-state index in [1.807, 2.05) is 26.0 Å². The van der Waals surface area contributed by atoms with E-state index in [1.165, 1.54) is 0 Å². The third-order valence-electron chi connectivity index (χ3n) is 3.56. The van der Waals surface area contributed by atoms with Gasteiger partial charge in [0.25, 0.3) is 0 Å². The second-order valence-electron chi connectivity index (χ2n) is 5.84. The number of rotatable bonds is 7. The van der Waals surface area contributed by atoms with Crippen molar-refractivity contribution in [2.75, 3.05) is 11.9 Å². The average Bonchev–Trinajstić information content (AvgIpc) is 2.60. The molecule has 0 fully saturated rings. The van der Waals surface area contributed by atoms with Crippen LogP contribution in [0.4, 0.5) is 5.82 Å². The molecule has 6 heteroatoms. The summed E-state index contributed by atoms with van der Waals surface area (Å²) in [5.41, 5.74) is 2.91. The van der Waals surface area contributed by atoms with Crippen molar-refractivity contribution in [2.45, 2.75) is 33.4 Å². The van der Waals surface area contributed by atoms with Gasteiger partial charge in [-0.3, -0.25) is 0 Å². The summed E-state index contributed by atoms with van der Waals surface area (Å²) in [6, 6.07) is 9.02. The van der Waals surface area contributed by atoms with Gasteiger partial charge in [-0.2, -0.15) is 0 Å². The topological polar surface area (TPSA) is 95.3 Å². The number of ether oxygens (including phenoxy) is 1. The number of hydrogen-bond acceptors (Lipinski definition) is 6. The number of benzene rings is 1. The molecule has 0 spiro atoms. The smallest absolute Gasteiger partial charge is 0.339 e. The Morgan fingerprint density at radius 3 is 2.56 bits per heavy atom. The van der Waals surface area contributed by atoms with Crippen molar-refractivity contribution in [3.05, 3.63) is 47.0 Å². The zero-order valence-electron chi connectivity index (χ0n) is 14.7. The zero-order chi connectivity index (χ0) is 18.4.